The molecule has 0 unspecified atom stereocenters. The number of sulfonamides is 1. The summed E-state index contributed by atoms with van der Waals surface area (Å²) in [7, 11) is -1.62. The van der Waals surface area contributed by atoms with E-state index in [-0.39, 0.29) is 18.1 Å². The van der Waals surface area contributed by atoms with Gasteiger partial charge in [-0.15, -0.1) is 0 Å². The van der Waals surface area contributed by atoms with Gasteiger partial charge in [0.15, 0.2) is 5.96 Å². The molecular weight excluding hydrogens is 343 g/mol. The molecule has 0 heterocycles. The molecule has 3 N–H and O–H groups in total. The summed E-state index contributed by atoms with van der Waals surface area (Å²) in [6.45, 7) is 1.46. The Balaban J connectivity index is 1.63. The summed E-state index contributed by atoms with van der Waals surface area (Å²) in [5, 5.41) is 6.11. The first-order valence-corrected chi connectivity index (χ1v) is 10.3. The Morgan fingerprint density at radius 1 is 1.20 bits per heavy atom. The molecule has 1 aromatic rings. The van der Waals surface area contributed by atoms with Crippen LogP contribution >= 0.6 is 0 Å². The molecular formula is C17H27FN4O2S. The SMILES string of the molecule is CN=C(NCCc1ccc(F)cc1)NCCS(=O)(=O)NCC1CCC1. The van der Waals surface area contributed by atoms with Crippen molar-refractivity contribution in [3.8, 4) is 0 Å². The zero-order valence-electron chi connectivity index (χ0n) is 14.6. The maximum Gasteiger partial charge on any atom is 0.213 e. The molecule has 25 heavy (non-hydrogen) atoms. The summed E-state index contributed by atoms with van der Waals surface area (Å²) < 4.78 is 39.4. The van der Waals surface area contributed by atoms with Crippen LogP contribution in [0.15, 0.2) is 29.3 Å². The molecule has 0 saturated heterocycles. The van der Waals surface area contributed by atoms with E-state index in [4.69, 9.17) is 0 Å². The van der Waals surface area contributed by atoms with Gasteiger partial charge in [0.25, 0.3) is 0 Å². The number of rotatable bonds is 9. The summed E-state index contributed by atoms with van der Waals surface area (Å²) in [4.78, 5) is 4.07. The van der Waals surface area contributed by atoms with E-state index in [2.05, 4.69) is 20.3 Å². The van der Waals surface area contributed by atoms with Gasteiger partial charge in [0, 0.05) is 26.7 Å². The van der Waals surface area contributed by atoms with Crippen molar-refractivity contribution in [1.29, 1.82) is 0 Å². The van der Waals surface area contributed by atoms with Crippen molar-refractivity contribution in [3.05, 3.63) is 35.6 Å². The molecule has 0 amide bonds. The van der Waals surface area contributed by atoms with Crippen LogP contribution in [0.3, 0.4) is 0 Å². The molecule has 0 aromatic heterocycles. The fraction of sp³-hybridized carbons (Fsp3) is 0.588. The third-order valence-electron chi connectivity index (χ3n) is 4.32. The number of hydrogen-bond donors (Lipinski definition) is 3. The molecule has 1 aliphatic rings. The maximum atomic E-state index is 12.9. The van der Waals surface area contributed by atoms with Crippen molar-refractivity contribution in [2.45, 2.75) is 25.7 Å². The van der Waals surface area contributed by atoms with Crippen molar-refractivity contribution in [3.63, 3.8) is 0 Å². The minimum atomic E-state index is -3.26. The van der Waals surface area contributed by atoms with E-state index >= 15 is 0 Å². The molecule has 1 saturated carbocycles. The predicted octanol–water partition coefficient (Wildman–Crippen LogP) is 1.25. The number of halogens is 1. The van der Waals surface area contributed by atoms with Gasteiger partial charge in [-0.05, 0) is 42.9 Å². The summed E-state index contributed by atoms with van der Waals surface area (Å²) >= 11 is 0. The number of nitrogens with one attached hydrogen (secondary N) is 3. The Bertz CT molecular complexity index is 658. The summed E-state index contributed by atoms with van der Waals surface area (Å²) in [5.41, 5.74) is 1.02. The molecule has 6 nitrogen and oxygen atoms in total. The highest BCUT2D eigenvalue weighted by Gasteiger charge is 2.19. The second-order valence-corrected chi connectivity index (χ2v) is 8.19. The first-order valence-electron chi connectivity index (χ1n) is 8.65. The van der Waals surface area contributed by atoms with Crippen LogP contribution in [0.2, 0.25) is 0 Å². The van der Waals surface area contributed by atoms with Gasteiger partial charge in [-0.25, -0.2) is 17.5 Å². The number of hydrogen-bond acceptors (Lipinski definition) is 3. The van der Waals surface area contributed by atoms with Crippen LogP contribution in [-0.2, 0) is 16.4 Å². The van der Waals surface area contributed by atoms with E-state index in [1.54, 1.807) is 19.2 Å². The first kappa shape index (κ1) is 19.7. The zero-order valence-corrected chi connectivity index (χ0v) is 15.4. The molecule has 1 fully saturated rings. The average Bonchev–Trinajstić information content (AvgIpc) is 2.53. The highest BCUT2D eigenvalue weighted by Crippen LogP contribution is 2.25. The monoisotopic (exact) mass is 370 g/mol. The van der Waals surface area contributed by atoms with E-state index in [0.717, 1.165) is 24.8 Å². The summed E-state index contributed by atoms with van der Waals surface area (Å²) in [5.74, 6) is 0.819. The lowest BCUT2D eigenvalue weighted by Gasteiger charge is -2.25. The molecule has 0 spiro atoms. The van der Waals surface area contributed by atoms with Gasteiger partial charge < -0.3 is 10.6 Å². The Morgan fingerprint density at radius 3 is 2.48 bits per heavy atom. The molecule has 0 atom stereocenters. The van der Waals surface area contributed by atoms with Crippen molar-refractivity contribution in [2.75, 3.05) is 32.4 Å². The highest BCUT2D eigenvalue weighted by molar-refractivity contribution is 7.89. The van der Waals surface area contributed by atoms with Crippen molar-refractivity contribution in [2.24, 2.45) is 10.9 Å². The minimum Gasteiger partial charge on any atom is -0.356 e. The largest absolute Gasteiger partial charge is 0.356 e. The van der Waals surface area contributed by atoms with E-state index in [1.165, 1.54) is 18.6 Å². The van der Waals surface area contributed by atoms with E-state index in [9.17, 15) is 12.8 Å². The normalized spacial score (nSPS) is 15.7. The van der Waals surface area contributed by atoms with Gasteiger partial charge in [0.2, 0.25) is 10.0 Å². The predicted molar refractivity (Wildman–Crippen MR) is 98.6 cm³/mol. The molecule has 1 aliphatic carbocycles. The van der Waals surface area contributed by atoms with Crippen LogP contribution in [0.5, 0.6) is 0 Å². The Labute approximate surface area is 149 Å². The van der Waals surface area contributed by atoms with Gasteiger partial charge in [-0.3, -0.25) is 4.99 Å². The molecule has 0 aliphatic heterocycles. The minimum absolute atomic E-state index is 0.0123. The Hall–Kier alpha value is -1.67. The second-order valence-electron chi connectivity index (χ2n) is 6.27. The highest BCUT2D eigenvalue weighted by atomic mass is 32.2. The molecule has 1 aromatic carbocycles. The second kappa shape index (κ2) is 9.72. The quantitative estimate of drug-likeness (QED) is 0.451. The number of guanidine groups is 1. The molecule has 0 bridgehead atoms. The lowest BCUT2D eigenvalue weighted by molar-refractivity contribution is 0.316. The number of aliphatic imine (C=N–C) groups is 1. The topological polar surface area (TPSA) is 82.6 Å². The number of nitrogens with zero attached hydrogens (tertiary/aromatic N) is 1. The lowest BCUT2D eigenvalue weighted by Crippen LogP contribution is -2.42. The van der Waals surface area contributed by atoms with Crippen LogP contribution in [0.25, 0.3) is 0 Å². The van der Waals surface area contributed by atoms with Gasteiger partial charge in [0.05, 0.1) is 5.75 Å². The zero-order chi connectivity index (χ0) is 18.1. The molecule has 0 radical (unpaired) electrons. The summed E-state index contributed by atoms with van der Waals surface area (Å²) in [6.07, 6.45) is 4.16. The van der Waals surface area contributed by atoms with Gasteiger partial charge in [-0.1, -0.05) is 18.6 Å². The van der Waals surface area contributed by atoms with Gasteiger partial charge in [-0.2, -0.15) is 0 Å². The van der Waals surface area contributed by atoms with Gasteiger partial charge in [0.1, 0.15) is 5.82 Å². The van der Waals surface area contributed by atoms with Crippen LogP contribution in [-0.4, -0.2) is 46.8 Å². The fourth-order valence-corrected chi connectivity index (χ4v) is 3.52. The lowest BCUT2D eigenvalue weighted by atomic mass is 9.86. The van der Waals surface area contributed by atoms with E-state index < -0.39 is 10.0 Å². The Kier molecular flexibility index (Phi) is 7.64. The Morgan fingerprint density at radius 2 is 1.88 bits per heavy atom. The van der Waals surface area contributed by atoms with E-state index in [0.29, 0.717) is 25.0 Å². The van der Waals surface area contributed by atoms with E-state index in [1.807, 2.05) is 0 Å². The standard InChI is InChI=1S/C17H27FN4O2S/c1-19-17(20-10-9-14-5-7-16(18)8-6-14)21-11-12-25(23,24)22-13-15-3-2-4-15/h5-8,15,22H,2-4,9-13H2,1H3,(H2,19,20,21). The third-order valence-corrected chi connectivity index (χ3v) is 5.67. The summed E-state index contributed by atoms with van der Waals surface area (Å²) in [6, 6.07) is 6.36. The first-order chi connectivity index (χ1) is 12.0. The van der Waals surface area contributed by atoms with Crippen LogP contribution < -0.4 is 15.4 Å². The number of benzene rings is 1. The maximum absolute atomic E-state index is 12.9. The van der Waals surface area contributed by atoms with Gasteiger partial charge >= 0.3 is 0 Å². The van der Waals surface area contributed by atoms with Crippen molar-refractivity contribution in [1.82, 2.24) is 15.4 Å². The third kappa shape index (κ3) is 7.39. The van der Waals surface area contributed by atoms with Crippen molar-refractivity contribution < 1.29 is 12.8 Å². The molecule has 2 rings (SSSR count). The smallest absolute Gasteiger partial charge is 0.213 e. The van der Waals surface area contributed by atoms with Crippen LogP contribution in [0, 0.1) is 11.7 Å². The average molecular weight is 370 g/mol. The van der Waals surface area contributed by atoms with Crippen LogP contribution in [0.4, 0.5) is 4.39 Å². The molecule has 140 valence electrons. The van der Waals surface area contributed by atoms with Crippen LogP contribution in [0.1, 0.15) is 24.8 Å². The molecule has 8 heteroatoms. The fourth-order valence-electron chi connectivity index (χ4n) is 2.51. The van der Waals surface area contributed by atoms with Crippen molar-refractivity contribution >= 4 is 16.0 Å².